The predicted molar refractivity (Wildman–Crippen MR) is 105 cm³/mol. The van der Waals surface area contributed by atoms with Crippen LogP contribution in [-0.2, 0) is 4.79 Å². The topological polar surface area (TPSA) is 58.6 Å². The van der Waals surface area contributed by atoms with Crippen LogP contribution < -0.4 is 10.1 Å². The Labute approximate surface area is 160 Å². The molecule has 0 saturated carbocycles. The van der Waals surface area contributed by atoms with Gasteiger partial charge in [0.05, 0.1) is 13.0 Å². The SMILES string of the molecule is CCCNC(=O)[C@H]1CN(C(=O)c2cccc(OC)c2)C[C@H]1c1ccccc1. The number of hydrogen-bond donors (Lipinski definition) is 1. The highest BCUT2D eigenvalue weighted by molar-refractivity contribution is 5.95. The molecule has 5 nitrogen and oxygen atoms in total. The summed E-state index contributed by atoms with van der Waals surface area (Å²) in [7, 11) is 1.58. The van der Waals surface area contributed by atoms with Crippen LogP contribution >= 0.6 is 0 Å². The van der Waals surface area contributed by atoms with E-state index in [1.165, 1.54) is 0 Å². The first-order valence-electron chi connectivity index (χ1n) is 9.40. The van der Waals surface area contributed by atoms with Crippen molar-refractivity contribution in [2.45, 2.75) is 19.3 Å². The zero-order valence-corrected chi connectivity index (χ0v) is 15.9. The Morgan fingerprint density at radius 1 is 1.11 bits per heavy atom. The van der Waals surface area contributed by atoms with E-state index in [0.717, 1.165) is 12.0 Å². The van der Waals surface area contributed by atoms with Gasteiger partial charge in [-0.2, -0.15) is 0 Å². The van der Waals surface area contributed by atoms with E-state index in [2.05, 4.69) is 5.32 Å². The second-order valence-corrected chi connectivity index (χ2v) is 6.86. The molecule has 0 unspecified atom stereocenters. The largest absolute Gasteiger partial charge is 0.497 e. The number of likely N-dealkylation sites (tertiary alicyclic amines) is 1. The Balaban J connectivity index is 1.83. The molecule has 2 amide bonds. The highest BCUT2D eigenvalue weighted by Crippen LogP contribution is 2.34. The fourth-order valence-electron chi connectivity index (χ4n) is 3.59. The molecule has 2 aromatic carbocycles. The first-order chi connectivity index (χ1) is 13.1. The Bertz CT molecular complexity index is 791. The summed E-state index contributed by atoms with van der Waals surface area (Å²) < 4.78 is 5.23. The molecule has 1 fully saturated rings. The number of benzene rings is 2. The normalized spacial score (nSPS) is 19.0. The third-order valence-corrected chi connectivity index (χ3v) is 5.04. The first kappa shape index (κ1) is 19.0. The number of carbonyl (C=O) groups is 2. The summed E-state index contributed by atoms with van der Waals surface area (Å²) >= 11 is 0. The molecule has 1 heterocycles. The maximum atomic E-state index is 13.0. The van der Waals surface area contributed by atoms with Gasteiger partial charge in [0, 0.05) is 31.1 Å². The van der Waals surface area contributed by atoms with Gasteiger partial charge in [-0.1, -0.05) is 43.3 Å². The van der Waals surface area contributed by atoms with Crippen molar-refractivity contribution in [2.24, 2.45) is 5.92 Å². The van der Waals surface area contributed by atoms with Crippen molar-refractivity contribution in [3.63, 3.8) is 0 Å². The molecular weight excluding hydrogens is 340 g/mol. The van der Waals surface area contributed by atoms with E-state index in [1.54, 1.807) is 24.1 Å². The summed E-state index contributed by atoms with van der Waals surface area (Å²) in [6, 6.07) is 17.1. The monoisotopic (exact) mass is 366 g/mol. The van der Waals surface area contributed by atoms with Gasteiger partial charge in [0.1, 0.15) is 5.75 Å². The van der Waals surface area contributed by atoms with Crippen molar-refractivity contribution in [1.82, 2.24) is 10.2 Å². The van der Waals surface area contributed by atoms with Gasteiger partial charge in [-0.25, -0.2) is 0 Å². The minimum atomic E-state index is -0.242. The zero-order chi connectivity index (χ0) is 19.2. The lowest BCUT2D eigenvalue weighted by molar-refractivity contribution is -0.124. The summed E-state index contributed by atoms with van der Waals surface area (Å²) in [5, 5.41) is 2.99. The highest BCUT2D eigenvalue weighted by atomic mass is 16.5. The van der Waals surface area contributed by atoms with E-state index in [0.29, 0.717) is 30.9 Å². The number of methoxy groups -OCH3 is 1. The number of hydrogen-bond acceptors (Lipinski definition) is 3. The molecule has 27 heavy (non-hydrogen) atoms. The van der Waals surface area contributed by atoms with Crippen molar-refractivity contribution in [3.05, 3.63) is 65.7 Å². The lowest BCUT2D eigenvalue weighted by Gasteiger charge is -2.17. The van der Waals surface area contributed by atoms with Crippen molar-refractivity contribution >= 4 is 11.8 Å². The maximum Gasteiger partial charge on any atom is 0.254 e. The minimum absolute atomic E-state index is 0.00221. The third-order valence-electron chi connectivity index (χ3n) is 5.04. The van der Waals surface area contributed by atoms with Crippen LogP contribution in [0.4, 0.5) is 0 Å². The van der Waals surface area contributed by atoms with Crippen LogP contribution in [0.25, 0.3) is 0 Å². The van der Waals surface area contributed by atoms with E-state index in [-0.39, 0.29) is 23.7 Å². The molecule has 3 rings (SSSR count). The van der Waals surface area contributed by atoms with Crippen LogP contribution in [0.2, 0.25) is 0 Å². The quantitative estimate of drug-likeness (QED) is 0.855. The Morgan fingerprint density at radius 2 is 1.89 bits per heavy atom. The predicted octanol–water partition coefficient (Wildman–Crippen LogP) is 3.08. The Morgan fingerprint density at radius 3 is 2.59 bits per heavy atom. The second kappa shape index (κ2) is 8.71. The third kappa shape index (κ3) is 4.30. The molecule has 1 aliphatic rings. The van der Waals surface area contributed by atoms with Crippen molar-refractivity contribution in [1.29, 1.82) is 0 Å². The van der Waals surface area contributed by atoms with Gasteiger partial charge in [0.15, 0.2) is 0 Å². The Hall–Kier alpha value is -2.82. The number of ether oxygens (including phenoxy) is 1. The van der Waals surface area contributed by atoms with Crippen LogP contribution in [-0.4, -0.2) is 43.5 Å². The van der Waals surface area contributed by atoms with Crippen LogP contribution in [0.1, 0.15) is 35.2 Å². The van der Waals surface area contributed by atoms with Gasteiger partial charge in [-0.15, -0.1) is 0 Å². The molecule has 0 bridgehead atoms. The van der Waals surface area contributed by atoms with Crippen LogP contribution in [0.3, 0.4) is 0 Å². The van der Waals surface area contributed by atoms with Gasteiger partial charge in [-0.05, 0) is 30.2 Å². The number of nitrogens with zero attached hydrogens (tertiary/aromatic N) is 1. The molecule has 2 atom stereocenters. The molecule has 2 aromatic rings. The molecule has 0 aliphatic carbocycles. The van der Waals surface area contributed by atoms with Crippen LogP contribution in [0, 0.1) is 5.92 Å². The van der Waals surface area contributed by atoms with E-state index in [9.17, 15) is 9.59 Å². The van der Waals surface area contributed by atoms with Crippen molar-refractivity contribution in [2.75, 3.05) is 26.7 Å². The molecule has 142 valence electrons. The van der Waals surface area contributed by atoms with Gasteiger partial charge in [0.25, 0.3) is 5.91 Å². The smallest absolute Gasteiger partial charge is 0.254 e. The molecule has 0 spiro atoms. The summed E-state index contributed by atoms with van der Waals surface area (Å²) in [5.74, 6) is 0.357. The first-order valence-corrected chi connectivity index (χ1v) is 9.40. The van der Waals surface area contributed by atoms with E-state index in [1.807, 2.05) is 49.4 Å². The van der Waals surface area contributed by atoms with Gasteiger partial charge >= 0.3 is 0 Å². The summed E-state index contributed by atoms with van der Waals surface area (Å²) in [5.41, 5.74) is 1.67. The fraction of sp³-hybridized carbons (Fsp3) is 0.364. The van der Waals surface area contributed by atoms with Crippen LogP contribution in [0.5, 0.6) is 5.75 Å². The molecule has 1 N–H and O–H groups in total. The summed E-state index contributed by atoms with van der Waals surface area (Å²) in [6.07, 6.45) is 0.890. The van der Waals surface area contributed by atoms with Crippen LogP contribution in [0.15, 0.2) is 54.6 Å². The molecule has 1 saturated heterocycles. The summed E-state index contributed by atoms with van der Waals surface area (Å²) in [6.45, 7) is 3.64. The maximum absolute atomic E-state index is 13.0. The number of nitrogens with one attached hydrogen (secondary N) is 1. The minimum Gasteiger partial charge on any atom is -0.497 e. The fourth-order valence-corrected chi connectivity index (χ4v) is 3.59. The standard InChI is InChI=1S/C22H26N2O3/c1-3-12-23-21(25)20-15-24(14-19(20)16-8-5-4-6-9-16)22(26)17-10-7-11-18(13-17)27-2/h4-11,13,19-20H,3,12,14-15H2,1-2H3,(H,23,25)/t19-,20-/m0/s1. The Kier molecular flexibility index (Phi) is 6.12. The van der Waals surface area contributed by atoms with Gasteiger partial charge < -0.3 is 15.0 Å². The van der Waals surface area contributed by atoms with E-state index in [4.69, 9.17) is 4.74 Å². The molecule has 1 aliphatic heterocycles. The van der Waals surface area contributed by atoms with Gasteiger partial charge in [0.2, 0.25) is 5.91 Å². The average molecular weight is 366 g/mol. The number of carbonyl (C=O) groups excluding carboxylic acids is 2. The molecule has 0 aromatic heterocycles. The van der Waals surface area contributed by atoms with E-state index >= 15 is 0 Å². The number of rotatable bonds is 6. The molecule has 0 radical (unpaired) electrons. The lowest BCUT2D eigenvalue weighted by Crippen LogP contribution is -2.36. The second-order valence-electron chi connectivity index (χ2n) is 6.86. The lowest BCUT2D eigenvalue weighted by atomic mass is 9.88. The molecular formula is C22H26N2O3. The molecule has 5 heteroatoms. The average Bonchev–Trinajstić information content (AvgIpc) is 3.17. The zero-order valence-electron chi connectivity index (χ0n) is 15.9. The van der Waals surface area contributed by atoms with Gasteiger partial charge in [-0.3, -0.25) is 9.59 Å². The van der Waals surface area contributed by atoms with E-state index < -0.39 is 0 Å². The number of amides is 2. The summed E-state index contributed by atoms with van der Waals surface area (Å²) in [4.78, 5) is 27.5. The van der Waals surface area contributed by atoms with Crippen molar-refractivity contribution in [3.8, 4) is 5.75 Å². The highest BCUT2D eigenvalue weighted by Gasteiger charge is 2.40. The van der Waals surface area contributed by atoms with Crippen molar-refractivity contribution < 1.29 is 14.3 Å².